The predicted molar refractivity (Wildman–Crippen MR) is 288 cm³/mol. The lowest BCUT2D eigenvalue weighted by molar-refractivity contribution is -0.166. The van der Waals surface area contributed by atoms with Crippen LogP contribution in [0, 0.1) is 0 Å². The molecule has 0 fully saturated rings. The first-order valence-electron chi connectivity index (χ1n) is 27.0. The van der Waals surface area contributed by atoms with E-state index in [4.69, 9.17) is 14.2 Å². The molecule has 1 atom stereocenters. The molecule has 0 N–H and O–H groups in total. The van der Waals surface area contributed by atoms with Crippen molar-refractivity contribution in [2.24, 2.45) is 0 Å². The minimum atomic E-state index is -0.825. The molecule has 0 rings (SSSR count). The highest BCUT2D eigenvalue weighted by Crippen LogP contribution is 2.13. The Morgan fingerprint density at radius 1 is 0.313 bits per heavy atom. The molecule has 0 spiro atoms. The predicted octanol–water partition coefficient (Wildman–Crippen LogP) is 18.1. The van der Waals surface area contributed by atoms with Gasteiger partial charge >= 0.3 is 17.9 Å². The number of ether oxygens (including phenoxy) is 3. The first-order chi connectivity index (χ1) is 33.0. The van der Waals surface area contributed by atoms with Gasteiger partial charge in [-0.25, -0.2) is 0 Å². The highest BCUT2D eigenvalue weighted by atomic mass is 16.6. The number of rotatable bonds is 47. The minimum absolute atomic E-state index is 0.119. The molecule has 0 amide bonds. The van der Waals surface area contributed by atoms with Crippen LogP contribution in [0.3, 0.4) is 0 Å². The second-order valence-corrected chi connectivity index (χ2v) is 17.4. The monoisotopic (exact) mass is 927 g/mol. The zero-order valence-electron chi connectivity index (χ0n) is 43.1. The van der Waals surface area contributed by atoms with E-state index in [2.05, 4.69) is 130 Å². The van der Waals surface area contributed by atoms with Gasteiger partial charge in [0.2, 0.25) is 0 Å². The smallest absolute Gasteiger partial charge is 0.306 e. The van der Waals surface area contributed by atoms with Gasteiger partial charge < -0.3 is 14.2 Å². The van der Waals surface area contributed by atoms with E-state index in [1.54, 1.807) is 0 Å². The normalized spacial score (nSPS) is 13.1. The fraction of sp³-hybridized carbons (Fsp3) is 0.623. The van der Waals surface area contributed by atoms with Crippen molar-refractivity contribution >= 4 is 17.9 Å². The topological polar surface area (TPSA) is 78.9 Å². The van der Waals surface area contributed by atoms with Crippen LogP contribution in [-0.4, -0.2) is 37.2 Å². The number of carbonyl (C=O) groups excluding carboxylic acids is 3. The summed E-state index contributed by atoms with van der Waals surface area (Å²) >= 11 is 0. The van der Waals surface area contributed by atoms with Gasteiger partial charge in [-0.05, 0) is 116 Å². The zero-order chi connectivity index (χ0) is 48.6. The standard InChI is InChI=1S/C61H98O6/c1-4-7-10-13-16-19-22-25-28-30-31-32-34-36-39-42-45-48-51-54-60(63)66-57-58(56-65-59(62)53-50-47-44-41-38-35-27-24-21-18-15-12-9-6-3)67-61(64)55-52-49-46-43-40-37-33-29-26-23-20-17-14-11-8-5-2/h7,9-10,12,16,18-19,21,25,27-29,31-33,35-36,39,45,48,58H,4-6,8,11,13-15,17,20,22-24,26,30,34,37-38,40-44,46-47,49-57H2,1-3H3/b10-7-,12-9-,19-16-,21-18-,28-25-,32-31-,33-29-,35-27-,39-36-,48-45-. The molecule has 0 aliphatic heterocycles. The largest absolute Gasteiger partial charge is 0.462 e. The van der Waals surface area contributed by atoms with Gasteiger partial charge in [0.1, 0.15) is 13.2 Å². The summed E-state index contributed by atoms with van der Waals surface area (Å²) in [6.45, 7) is 6.31. The Morgan fingerprint density at radius 3 is 1.01 bits per heavy atom. The van der Waals surface area contributed by atoms with E-state index in [1.165, 1.54) is 57.8 Å². The fourth-order valence-electron chi connectivity index (χ4n) is 6.95. The van der Waals surface area contributed by atoms with Gasteiger partial charge in [-0.1, -0.05) is 213 Å². The van der Waals surface area contributed by atoms with Crippen LogP contribution < -0.4 is 0 Å². The summed E-state index contributed by atoms with van der Waals surface area (Å²) in [6, 6.07) is 0. The Hall–Kier alpha value is -4.19. The van der Waals surface area contributed by atoms with Crippen LogP contribution in [0.25, 0.3) is 0 Å². The van der Waals surface area contributed by atoms with E-state index >= 15 is 0 Å². The summed E-state index contributed by atoms with van der Waals surface area (Å²) in [5.41, 5.74) is 0. The second kappa shape index (κ2) is 54.4. The molecule has 0 bridgehead atoms. The van der Waals surface area contributed by atoms with Gasteiger partial charge in [-0.3, -0.25) is 14.4 Å². The van der Waals surface area contributed by atoms with E-state index in [0.717, 1.165) is 122 Å². The second-order valence-electron chi connectivity index (χ2n) is 17.4. The van der Waals surface area contributed by atoms with Crippen LogP contribution >= 0.6 is 0 Å². The number of allylic oxidation sites excluding steroid dienone is 20. The summed E-state index contributed by atoms with van der Waals surface area (Å²) in [4.78, 5) is 38.0. The third-order valence-corrected chi connectivity index (χ3v) is 10.9. The van der Waals surface area contributed by atoms with Gasteiger partial charge in [0.05, 0.1) is 0 Å². The van der Waals surface area contributed by atoms with Crippen molar-refractivity contribution in [3.63, 3.8) is 0 Å². The van der Waals surface area contributed by atoms with Crippen molar-refractivity contribution < 1.29 is 28.6 Å². The Balaban J connectivity index is 4.56. The molecule has 0 saturated carbocycles. The van der Waals surface area contributed by atoms with Gasteiger partial charge in [0.15, 0.2) is 6.10 Å². The summed E-state index contributed by atoms with van der Waals surface area (Å²) < 4.78 is 16.7. The zero-order valence-corrected chi connectivity index (χ0v) is 43.1. The van der Waals surface area contributed by atoms with Crippen molar-refractivity contribution in [3.05, 3.63) is 122 Å². The molecular weight excluding hydrogens is 829 g/mol. The fourth-order valence-corrected chi connectivity index (χ4v) is 6.95. The van der Waals surface area contributed by atoms with Gasteiger partial charge in [-0.15, -0.1) is 0 Å². The van der Waals surface area contributed by atoms with Gasteiger partial charge in [0, 0.05) is 19.3 Å². The third-order valence-electron chi connectivity index (χ3n) is 10.9. The molecule has 6 nitrogen and oxygen atoms in total. The molecule has 0 aliphatic rings. The van der Waals surface area contributed by atoms with E-state index in [9.17, 15) is 14.4 Å². The first kappa shape index (κ1) is 62.8. The molecule has 0 aromatic rings. The van der Waals surface area contributed by atoms with Crippen LogP contribution in [0.15, 0.2) is 122 Å². The van der Waals surface area contributed by atoms with Crippen LogP contribution in [0.1, 0.15) is 226 Å². The van der Waals surface area contributed by atoms with E-state index in [-0.39, 0.29) is 37.5 Å². The third kappa shape index (κ3) is 52.6. The lowest BCUT2D eigenvalue weighted by Crippen LogP contribution is -2.30. The van der Waals surface area contributed by atoms with Crippen LogP contribution in [0.4, 0.5) is 0 Å². The van der Waals surface area contributed by atoms with Crippen LogP contribution in [-0.2, 0) is 28.6 Å². The van der Waals surface area contributed by atoms with E-state index in [1.807, 2.05) is 12.2 Å². The number of hydrogen-bond acceptors (Lipinski definition) is 6. The van der Waals surface area contributed by atoms with Crippen LogP contribution in [0.5, 0.6) is 0 Å². The highest BCUT2D eigenvalue weighted by molar-refractivity contribution is 5.71. The molecule has 0 aliphatic carbocycles. The molecule has 0 aromatic heterocycles. The van der Waals surface area contributed by atoms with E-state index < -0.39 is 6.10 Å². The van der Waals surface area contributed by atoms with Crippen molar-refractivity contribution in [2.75, 3.05) is 13.2 Å². The maximum absolute atomic E-state index is 12.8. The molecule has 0 aromatic carbocycles. The molecule has 6 heteroatoms. The summed E-state index contributed by atoms with van der Waals surface area (Å²) in [5, 5.41) is 0. The quantitative estimate of drug-likeness (QED) is 0.0262. The SMILES string of the molecule is CC/C=C\C/C=C\C/C=C\C/C=C\C/C=C\C/C=C\CCC(=O)OCC(COC(=O)CCCCCC/C=C\C/C=C\C/C=C\CC)OC(=O)CCCCCCC/C=C\CCCCCCCCC. The average Bonchev–Trinajstić information content (AvgIpc) is 3.33. The molecule has 378 valence electrons. The Morgan fingerprint density at radius 2 is 0.612 bits per heavy atom. The van der Waals surface area contributed by atoms with Gasteiger partial charge in [-0.2, -0.15) is 0 Å². The molecular formula is C61H98O6. The van der Waals surface area contributed by atoms with E-state index in [0.29, 0.717) is 19.3 Å². The van der Waals surface area contributed by atoms with Crippen molar-refractivity contribution in [3.8, 4) is 0 Å². The van der Waals surface area contributed by atoms with Crippen LogP contribution in [0.2, 0.25) is 0 Å². The summed E-state index contributed by atoms with van der Waals surface area (Å²) in [7, 11) is 0. The number of esters is 3. The van der Waals surface area contributed by atoms with Gasteiger partial charge in [0.25, 0.3) is 0 Å². The van der Waals surface area contributed by atoms with Crippen molar-refractivity contribution in [1.29, 1.82) is 0 Å². The molecule has 67 heavy (non-hydrogen) atoms. The lowest BCUT2D eigenvalue weighted by Gasteiger charge is -2.18. The highest BCUT2D eigenvalue weighted by Gasteiger charge is 2.19. The van der Waals surface area contributed by atoms with Crippen molar-refractivity contribution in [2.45, 2.75) is 232 Å². The maximum atomic E-state index is 12.8. The Kier molecular flexibility index (Phi) is 51.0. The maximum Gasteiger partial charge on any atom is 0.306 e. The Bertz CT molecular complexity index is 1440. The lowest BCUT2D eigenvalue weighted by atomic mass is 10.1. The average molecular weight is 927 g/mol. The molecule has 1 unspecified atom stereocenters. The summed E-state index contributed by atoms with van der Waals surface area (Å²) in [6.07, 6.45) is 74.8. The first-order valence-corrected chi connectivity index (χ1v) is 27.0. The molecule has 0 heterocycles. The molecule has 0 radical (unpaired) electrons. The number of unbranched alkanes of at least 4 members (excludes halogenated alkanes) is 16. The Labute approximate surface area is 412 Å². The minimum Gasteiger partial charge on any atom is -0.462 e. The number of carbonyl (C=O) groups is 3. The van der Waals surface area contributed by atoms with Crippen molar-refractivity contribution in [1.82, 2.24) is 0 Å². The number of hydrogen-bond donors (Lipinski definition) is 0. The summed E-state index contributed by atoms with van der Waals surface area (Å²) in [5.74, 6) is -1.04. The molecule has 0 saturated heterocycles.